The maximum atomic E-state index is 11.6. The standard InChI is InChI=1S/C12H22N2O4/c1-18-10(12(16)17)8-14-11(15)3-2-9-4-6-13-7-5-9/h9-10,13H,2-8H2,1H3,(H,14,15)(H,16,17). The van der Waals surface area contributed by atoms with E-state index in [0.29, 0.717) is 12.3 Å². The Morgan fingerprint density at radius 2 is 2.11 bits per heavy atom. The van der Waals surface area contributed by atoms with Crippen molar-refractivity contribution in [3.05, 3.63) is 0 Å². The molecular formula is C12H22N2O4. The van der Waals surface area contributed by atoms with E-state index in [1.807, 2.05) is 0 Å². The van der Waals surface area contributed by atoms with E-state index in [-0.39, 0.29) is 12.5 Å². The molecule has 1 aliphatic heterocycles. The summed E-state index contributed by atoms with van der Waals surface area (Å²) in [6.45, 7) is 2.07. The van der Waals surface area contributed by atoms with Gasteiger partial charge in [-0.2, -0.15) is 0 Å². The van der Waals surface area contributed by atoms with Crippen LogP contribution in [0.25, 0.3) is 0 Å². The molecule has 1 rings (SSSR count). The molecule has 1 heterocycles. The average Bonchev–Trinajstić information content (AvgIpc) is 2.38. The molecule has 18 heavy (non-hydrogen) atoms. The molecule has 0 saturated carbocycles. The number of nitrogens with one attached hydrogen (secondary N) is 2. The molecule has 0 aromatic carbocycles. The molecule has 1 amide bonds. The van der Waals surface area contributed by atoms with E-state index in [0.717, 1.165) is 32.4 Å². The fraction of sp³-hybridized carbons (Fsp3) is 0.833. The zero-order chi connectivity index (χ0) is 13.4. The number of carbonyl (C=O) groups excluding carboxylic acids is 1. The molecule has 0 radical (unpaired) electrons. The van der Waals surface area contributed by atoms with Gasteiger partial charge in [-0.05, 0) is 38.3 Å². The van der Waals surface area contributed by atoms with Gasteiger partial charge in [-0.25, -0.2) is 4.79 Å². The first-order valence-electron chi connectivity index (χ1n) is 6.36. The first-order valence-corrected chi connectivity index (χ1v) is 6.36. The van der Waals surface area contributed by atoms with Crippen molar-refractivity contribution in [2.75, 3.05) is 26.7 Å². The summed E-state index contributed by atoms with van der Waals surface area (Å²) in [5.74, 6) is -0.553. The normalized spacial score (nSPS) is 18.3. The quantitative estimate of drug-likeness (QED) is 0.597. The van der Waals surface area contributed by atoms with Crippen molar-refractivity contribution in [1.29, 1.82) is 0 Å². The minimum absolute atomic E-state index is 0.0247. The lowest BCUT2D eigenvalue weighted by atomic mass is 9.93. The molecule has 6 heteroatoms. The average molecular weight is 258 g/mol. The Morgan fingerprint density at radius 1 is 1.44 bits per heavy atom. The number of carboxylic acid groups (broad SMARTS) is 1. The van der Waals surface area contributed by atoms with Gasteiger partial charge in [-0.1, -0.05) is 0 Å². The summed E-state index contributed by atoms with van der Waals surface area (Å²) in [6.07, 6.45) is 2.60. The Morgan fingerprint density at radius 3 is 2.67 bits per heavy atom. The van der Waals surface area contributed by atoms with Crippen molar-refractivity contribution in [3.8, 4) is 0 Å². The van der Waals surface area contributed by atoms with Crippen molar-refractivity contribution in [1.82, 2.24) is 10.6 Å². The maximum absolute atomic E-state index is 11.6. The Hall–Kier alpha value is -1.14. The first-order chi connectivity index (χ1) is 8.63. The van der Waals surface area contributed by atoms with Crippen molar-refractivity contribution < 1.29 is 19.4 Å². The van der Waals surface area contributed by atoms with Crippen molar-refractivity contribution >= 4 is 11.9 Å². The van der Waals surface area contributed by atoms with Crippen LogP contribution in [0.2, 0.25) is 0 Å². The third-order valence-corrected chi connectivity index (χ3v) is 3.28. The molecule has 1 fully saturated rings. The van der Waals surface area contributed by atoms with Crippen LogP contribution in [0.5, 0.6) is 0 Å². The number of carbonyl (C=O) groups is 2. The highest BCUT2D eigenvalue weighted by Gasteiger charge is 2.18. The van der Waals surface area contributed by atoms with E-state index in [1.54, 1.807) is 0 Å². The smallest absolute Gasteiger partial charge is 0.334 e. The summed E-state index contributed by atoms with van der Waals surface area (Å²) >= 11 is 0. The Kier molecular flexibility index (Phi) is 6.67. The molecule has 1 unspecified atom stereocenters. The van der Waals surface area contributed by atoms with Crippen LogP contribution >= 0.6 is 0 Å². The topological polar surface area (TPSA) is 87.7 Å². The van der Waals surface area contributed by atoms with Crippen LogP contribution in [0.4, 0.5) is 0 Å². The fourth-order valence-electron chi connectivity index (χ4n) is 2.07. The molecular weight excluding hydrogens is 236 g/mol. The summed E-state index contributed by atoms with van der Waals surface area (Å²) in [5.41, 5.74) is 0. The van der Waals surface area contributed by atoms with Gasteiger partial charge in [0.05, 0.1) is 6.54 Å². The SMILES string of the molecule is COC(CNC(=O)CCC1CCNCC1)C(=O)O. The lowest BCUT2D eigenvalue weighted by molar-refractivity contribution is -0.148. The lowest BCUT2D eigenvalue weighted by Crippen LogP contribution is -2.38. The highest BCUT2D eigenvalue weighted by atomic mass is 16.5. The maximum Gasteiger partial charge on any atom is 0.334 e. The van der Waals surface area contributed by atoms with Gasteiger partial charge in [0.2, 0.25) is 5.91 Å². The monoisotopic (exact) mass is 258 g/mol. The van der Waals surface area contributed by atoms with E-state index in [9.17, 15) is 9.59 Å². The number of rotatable bonds is 7. The van der Waals surface area contributed by atoms with Gasteiger partial charge in [0.15, 0.2) is 6.10 Å². The van der Waals surface area contributed by atoms with E-state index in [2.05, 4.69) is 10.6 Å². The first kappa shape index (κ1) is 14.9. The summed E-state index contributed by atoms with van der Waals surface area (Å²) in [7, 11) is 1.32. The van der Waals surface area contributed by atoms with Crippen molar-refractivity contribution in [2.24, 2.45) is 5.92 Å². The molecule has 0 aliphatic carbocycles. The third kappa shape index (κ3) is 5.46. The lowest BCUT2D eigenvalue weighted by Gasteiger charge is -2.22. The van der Waals surface area contributed by atoms with Crippen molar-refractivity contribution in [3.63, 3.8) is 0 Å². The highest BCUT2D eigenvalue weighted by Crippen LogP contribution is 2.17. The molecule has 3 N–H and O–H groups in total. The number of hydrogen-bond donors (Lipinski definition) is 3. The number of methoxy groups -OCH3 is 1. The van der Waals surface area contributed by atoms with Crippen LogP contribution in [0.15, 0.2) is 0 Å². The summed E-state index contributed by atoms with van der Waals surface area (Å²) in [5, 5.41) is 14.6. The van der Waals surface area contributed by atoms with Crippen LogP contribution < -0.4 is 10.6 Å². The Labute approximate surface area is 107 Å². The minimum atomic E-state index is -1.06. The van der Waals surface area contributed by atoms with Crippen LogP contribution in [0, 0.1) is 5.92 Å². The number of piperidine rings is 1. The Bertz CT molecular complexity index is 277. The van der Waals surface area contributed by atoms with E-state index >= 15 is 0 Å². The van der Waals surface area contributed by atoms with Crippen LogP contribution in [-0.2, 0) is 14.3 Å². The molecule has 0 spiro atoms. The molecule has 0 aromatic heterocycles. The van der Waals surface area contributed by atoms with Crippen LogP contribution in [0.3, 0.4) is 0 Å². The van der Waals surface area contributed by atoms with Gasteiger partial charge in [0, 0.05) is 13.5 Å². The summed E-state index contributed by atoms with van der Waals surface area (Å²) in [6, 6.07) is 0. The van der Waals surface area contributed by atoms with E-state index in [4.69, 9.17) is 9.84 Å². The van der Waals surface area contributed by atoms with Gasteiger partial charge in [-0.15, -0.1) is 0 Å². The van der Waals surface area contributed by atoms with E-state index in [1.165, 1.54) is 7.11 Å². The molecule has 1 atom stereocenters. The highest BCUT2D eigenvalue weighted by molar-refractivity contribution is 5.78. The van der Waals surface area contributed by atoms with Crippen LogP contribution in [0.1, 0.15) is 25.7 Å². The molecule has 0 bridgehead atoms. The fourth-order valence-corrected chi connectivity index (χ4v) is 2.07. The molecule has 1 saturated heterocycles. The predicted octanol–water partition coefficient (Wildman–Crippen LogP) is -0.0180. The predicted molar refractivity (Wildman–Crippen MR) is 66.3 cm³/mol. The second kappa shape index (κ2) is 8.05. The summed E-state index contributed by atoms with van der Waals surface area (Å²) in [4.78, 5) is 22.2. The van der Waals surface area contributed by atoms with Gasteiger partial charge in [0.25, 0.3) is 0 Å². The Balaban J connectivity index is 2.14. The van der Waals surface area contributed by atoms with Gasteiger partial charge >= 0.3 is 5.97 Å². The second-order valence-electron chi connectivity index (χ2n) is 4.60. The van der Waals surface area contributed by atoms with Crippen molar-refractivity contribution in [2.45, 2.75) is 31.8 Å². The number of ether oxygens (including phenoxy) is 1. The summed E-state index contributed by atoms with van der Waals surface area (Å²) < 4.78 is 4.73. The van der Waals surface area contributed by atoms with E-state index < -0.39 is 12.1 Å². The van der Waals surface area contributed by atoms with Gasteiger partial charge < -0.3 is 20.5 Å². The zero-order valence-corrected chi connectivity index (χ0v) is 10.8. The molecule has 1 aliphatic rings. The number of hydrogen-bond acceptors (Lipinski definition) is 4. The minimum Gasteiger partial charge on any atom is -0.479 e. The van der Waals surface area contributed by atoms with Crippen LogP contribution in [-0.4, -0.2) is 49.8 Å². The third-order valence-electron chi connectivity index (χ3n) is 3.28. The van der Waals surface area contributed by atoms with Gasteiger partial charge in [0.1, 0.15) is 0 Å². The van der Waals surface area contributed by atoms with Gasteiger partial charge in [-0.3, -0.25) is 4.79 Å². The number of amides is 1. The largest absolute Gasteiger partial charge is 0.479 e. The number of carboxylic acids is 1. The molecule has 0 aromatic rings. The zero-order valence-electron chi connectivity index (χ0n) is 10.8. The molecule has 6 nitrogen and oxygen atoms in total. The molecule has 104 valence electrons. The second-order valence-corrected chi connectivity index (χ2v) is 4.60. The number of aliphatic carboxylic acids is 1.